The quantitative estimate of drug-likeness (QED) is 0.395. The van der Waals surface area contributed by atoms with Crippen molar-refractivity contribution in [1.29, 1.82) is 0 Å². The van der Waals surface area contributed by atoms with E-state index in [1.165, 1.54) is 24.0 Å². The Labute approximate surface area is 162 Å². The third-order valence-electron chi connectivity index (χ3n) is 5.01. The SMILES string of the molecule is CCNC(=NCC(=O)N1CCc2ccccc2C1)NCCCOCC1CC1. The number of carbonyl (C=O) groups excluding carboxylic acids is 1. The van der Waals surface area contributed by atoms with Crippen LogP contribution < -0.4 is 10.6 Å². The molecule has 1 heterocycles. The van der Waals surface area contributed by atoms with Crippen molar-refractivity contribution in [2.45, 2.75) is 39.2 Å². The average molecular weight is 373 g/mol. The van der Waals surface area contributed by atoms with Gasteiger partial charge in [-0.3, -0.25) is 4.79 Å². The average Bonchev–Trinajstić information content (AvgIpc) is 3.52. The molecule has 1 aromatic rings. The molecule has 1 saturated carbocycles. The Morgan fingerprint density at radius 3 is 2.85 bits per heavy atom. The van der Waals surface area contributed by atoms with E-state index in [4.69, 9.17) is 4.74 Å². The number of hydrogen-bond donors (Lipinski definition) is 2. The predicted molar refractivity (Wildman–Crippen MR) is 108 cm³/mol. The zero-order chi connectivity index (χ0) is 18.9. The van der Waals surface area contributed by atoms with E-state index in [0.29, 0.717) is 12.5 Å². The van der Waals surface area contributed by atoms with E-state index >= 15 is 0 Å². The normalized spacial score (nSPS) is 16.8. The molecule has 2 aliphatic rings. The largest absolute Gasteiger partial charge is 0.381 e. The van der Waals surface area contributed by atoms with E-state index in [1.54, 1.807) is 0 Å². The molecule has 1 fully saturated rings. The van der Waals surface area contributed by atoms with Crippen molar-refractivity contribution in [3.8, 4) is 0 Å². The summed E-state index contributed by atoms with van der Waals surface area (Å²) in [5, 5.41) is 6.49. The van der Waals surface area contributed by atoms with Crippen LogP contribution in [0.5, 0.6) is 0 Å². The molecular weight excluding hydrogens is 340 g/mol. The van der Waals surface area contributed by atoms with Gasteiger partial charge in [0.05, 0.1) is 0 Å². The highest BCUT2D eigenvalue weighted by Crippen LogP contribution is 2.28. The maximum Gasteiger partial charge on any atom is 0.244 e. The molecular formula is C21H32N4O2. The van der Waals surface area contributed by atoms with Gasteiger partial charge in [-0.25, -0.2) is 4.99 Å². The van der Waals surface area contributed by atoms with Gasteiger partial charge in [0, 0.05) is 39.4 Å². The van der Waals surface area contributed by atoms with Gasteiger partial charge in [-0.05, 0) is 49.7 Å². The molecule has 0 unspecified atom stereocenters. The first-order chi connectivity index (χ1) is 13.3. The zero-order valence-electron chi connectivity index (χ0n) is 16.4. The van der Waals surface area contributed by atoms with Gasteiger partial charge in [-0.15, -0.1) is 0 Å². The van der Waals surface area contributed by atoms with Gasteiger partial charge in [0.15, 0.2) is 5.96 Å². The van der Waals surface area contributed by atoms with Crippen LogP contribution in [-0.2, 0) is 22.5 Å². The Bertz CT molecular complexity index is 643. The predicted octanol–water partition coefficient (Wildman–Crippen LogP) is 1.94. The number of rotatable bonds is 9. The molecule has 1 aliphatic heterocycles. The standard InChI is InChI=1S/C21H32N4O2/c1-2-22-21(23-11-5-13-27-16-17-8-9-17)24-14-20(26)25-12-10-18-6-3-4-7-19(18)15-25/h3-4,6-7,17H,2,5,8-16H2,1H3,(H2,22,23,24). The minimum absolute atomic E-state index is 0.0782. The van der Waals surface area contributed by atoms with Crippen LogP contribution in [0.1, 0.15) is 37.3 Å². The van der Waals surface area contributed by atoms with Crippen molar-refractivity contribution in [3.63, 3.8) is 0 Å². The number of aliphatic imine (C=N–C) groups is 1. The first-order valence-electron chi connectivity index (χ1n) is 10.2. The van der Waals surface area contributed by atoms with Crippen LogP contribution in [0.2, 0.25) is 0 Å². The van der Waals surface area contributed by atoms with Crippen molar-refractivity contribution in [3.05, 3.63) is 35.4 Å². The molecule has 0 bridgehead atoms. The number of benzene rings is 1. The van der Waals surface area contributed by atoms with Gasteiger partial charge in [0.25, 0.3) is 0 Å². The van der Waals surface area contributed by atoms with E-state index in [0.717, 1.165) is 51.6 Å². The molecule has 0 saturated heterocycles. The fourth-order valence-electron chi connectivity index (χ4n) is 3.21. The lowest BCUT2D eigenvalue weighted by Crippen LogP contribution is -2.41. The summed E-state index contributed by atoms with van der Waals surface area (Å²) in [7, 11) is 0. The third kappa shape index (κ3) is 6.54. The molecule has 6 nitrogen and oxygen atoms in total. The van der Waals surface area contributed by atoms with Crippen LogP contribution >= 0.6 is 0 Å². The lowest BCUT2D eigenvalue weighted by Gasteiger charge is -2.28. The second-order valence-electron chi connectivity index (χ2n) is 7.33. The Balaban J connectivity index is 1.39. The molecule has 148 valence electrons. The van der Waals surface area contributed by atoms with E-state index in [-0.39, 0.29) is 12.5 Å². The topological polar surface area (TPSA) is 66.0 Å². The van der Waals surface area contributed by atoms with Crippen LogP contribution in [0.15, 0.2) is 29.3 Å². The lowest BCUT2D eigenvalue weighted by atomic mass is 10.00. The second-order valence-corrected chi connectivity index (χ2v) is 7.33. The first kappa shape index (κ1) is 19.7. The molecule has 2 N–H and O–H groups in total. The molecule has 1 aromatic carbocycles. The zero-order valence-corrected chi connectivity index (χ0v) is 16.4. The number of nitrogens with zero attached hydrogens (tertiary/aromatic N) is 2. The van der Waals surface area contributed by atoms with E-state index in [2.05, 4.69) is 33.8 Å². The highest BCUT2D eigenvalue weighted by molar-refractivity contribution is 5.85. The van der Waals surface area contributed by atoms with Crippen molar-refractivity contribution in [1.82, 2.24) is 15.5 Å². The van der Waals surface area contributed by atoms with Gasteiger partial charge < -0.3 is 20.3 Å². The fraction of sp³-hybridized carbons (Fsp3) is 0.619. The number of carbonyl (C=O) groups is 1. The summed E-state index contributed by atoms with van der Waals surface area (Å²) < 4.78 is 5.64. The van der Waals surface area contributed by atoms with Crippen molar-refractivity contribution < 1.29 is 9.53 Å². The van der Waals surface area contributed by atoms with E-state index in [1.807, 2.05) is 17.9 Å². The van der Waals surface area contributed by atoms with E-state index < -0.39 is 0 Å². The second kappa shape index (κ2) is 10.3. The number of amides is 1. The van der Waals surface area contributed by atoms with Crippen molar-refractivity contribution in [2.24, 2.45) is 10.9 Å². The maximum absolute atomic E-state index is 12.5. The number of fused-ring (bicyclic) bond motifs is 1. The van der Waals surface area contributed by atoms with Crippen LogP contribution in [0.4, 0.5) is 0 Å². The van der Waals surface area contributed by atoms with E-state index in [9.17, 15) is 4.79 Å². The molecule has 1 aliphatic carbocycles. The van der Waals surface area contributed by atoms with Gasteiger partial charge in [-0.1, -0.05) is 24.3 Å². The lowest BCUT2D eigenvalue weighted by molar-refractivity contribution is -0.130. The third-order valence-corrected chi connectivity index (χ3v) is 5.01. The Morgan fingerprint density at radius 1 is 1.26 bits per heavy atom. The van der Waals surface area contributed by atoms with Gasteiger partial charge in [0.1, 0.15) is 6.54 Å². The summed E-state index contributed by atoms with van der Waals surface area (Å²) in [6.45, 7) is 6.91. The molecule has 27 heavy (non-hydrogen) atoms. The maximum atomic E-state index is 12.5. The Kier molecular flexibility index (Phi) is 7.51. The number of ether oxygens (including phenoxy) is 1. The molecule has 1 amide bonds. The molecule has 0 atom stereocenters. The number of guanidine groups is 1. The summed E-state index contributed by atoms with van der Waals surface area (Å²) >= 11 is 0. The highest BCUT2D eigenvalue weighted by Gasteiger charge is 2.21. The first-order valence-corrected chi connectivity index (χ1v) is 10.2. The van der Waals surface area contributed by atoms with Crippen LogP contribution in [0, 0.1) is 5.92 Å². The van der Waals surface area contributed by atoms with Crippen molar-refractivity contribution >= 4 is 11.9 Å². The summed E-state index contributed by atoms with van der Waals surface area (Å²) in [6.07, 6.45) is 4.51. The molecule has 0 spiro atoms. The summed E-state index contributed by atoms with van der Waals surface area (Å²) in [5.41, 5.74) is 2.60. The molecule has 3 rings (SSSR count). The van der Waals surface area contributed by atoms with Gasteiger partial charge >= 0.3 is 0 Å². The summed E-state index contributed by atoms with van der Waals surface area (Å²) in [6, 6.07) is 8.35. The van der Waals surface area contributed by atoms with Crippen LogP contribution in [0.3, 0.4) is 0 Å². The highest BCUT2D eigenvalue weighted by atomic mass is 16.5. The smallest absolute Gasteiger partial charge is 0.244 e. The van der Waals surface area contributed by atoms with Gasteiger partial charge in [-0.2, -0.15) is 0 Å². The Hall–Kier alpha value is -2.08. The summed E-state index contributed by atoms with van der Waals surface area (Å²) in [4.78, 5) is 18.9. The monoisotopic (exact) mass is 372 g/mol. The molecule has 0 aromatic heterocycles. The minimum Gasteiger partial charge on any atom is -0.381 e. The molecule has 0 radical (unpaired) electrons. The number of nitrogens with one attached hydrogen (secondary N) is 2. The van der Waals surface area contributed by atoms with Crippen molar-refractivity contribution in [2.75, 3.05) is 39.4 Å². The minimum atomic E-state index is 0.0782. The molecule has 6 heteroatoms. The van der Waals surface area contributed by atoms with Crippen LogP contribution in [-0.4, -0.2) is 56.2 Å². The summed E-state index contributed by atoms with van der Waals surface area (Å²) in [5.74, 6) is 1.59. The van der Waals surface area contributed by atoms with Crippen LogP contribution in [0.25, 0.3) is 0 Å². The number of hydrogen-bond acceptors (Lipinski definition) is 3. The van der Waals surface area contributed by atoms with Gasteiger partial charge in [0.2, 0.25) is 5.91 Å². The fourth-order valence-corrected chi connectivity index (χ4v) is 3.21. The Morgan fingerprint density at radius 2 is 2.07 bits per heavy atom.